The van der Waals surface area contributed by atoms with E-state index in [0.29, 0.717) is 48.9 Å². The van der Waals surface area contributed by atoms with E-state index in [-0.39, 0.29) is 17.5 Å². The molecule has 2 fully saturated rings. The molecule has 0 bridgehead atoms. The molecule has 2 aliphatic rings. The van der Waals surface area contributed by atoms with E-state index in [1.807, 2.05) is 17.1 Å². The lowest BCUT2D eigenvalue weighted by Crippen LogP contribution is -2.45. The number of nitrogens with zero attached hydrogens (tertiary/aromatic N) is 4. The molecule has 2 aliphatic heterocycles. The van der Waals surface area contributed by atoms with Gasteiger partial charge in [-0.3, -0.25) is 10.2 Å². The van der Waals surface area contributed by atoms with Gasteiger partial charge in [0.2, 0.25) is 5.82 Å². The number of nitrogens with one attached hydrogen (secondary N) is 2. The van der Waals surface area contributed by atoms with E-state index in [1.165, 1.54) is 18.6 Å². The summed E-state index contributed by atoms with van der Waals surface area (Å²) < 4.78 is 19.8. The number of ether oxygens (including phenoxy) is 1. The van der Waals surface area contributed by atoms with Gasteiger partial charge in [0.15, 0.2) is 0 Å². The van der Waals surface area contributed by atoms with Gasteiger partial charge in [-0.1, -0.05) is 6.42 Å². The lowest BCUT2D eigenvalue weighted by atomic mass is 10.1. The third-order valence-electron chi connectivity index (χ3n) is 5.78. The molecule has 5 rings (SSSR count). The number of carbonyl (C=O) groups is 1. The number of aromatic nitrogens is 3. The molecule has 4 heterocycles. The van der Waals surface area contributed by atoms with Gasteiger partial charge in [0.1, 0.15) is 11.6 Å². The highest BCUT2D eigenvalue weighted by Crippen LogP contribution is 2.30. The normalized spacial score (nSPS) is 17.8. The molecule has 2 N–H and O–H groups in total. The fourth-order valence-corrected chi connectivity index (χ4v) is 4.17. The summed E-state index contributed by atoms with van der Waals surface area (Å²) in [7, 11) is 0. The Morgan fingerprint density at radius 2 is 1.87 bits per heavy atom. The van der Waals surface area contributed by atoms with Gasteiger partial charge in [0.25, 0.3) is 0 Å². The average Bonchev–Trinajstić information content (AvgIpc) is 3.28. The van der Waals surface area contributed by atoms with Crippen molar-refractivity contribution in [3.63, 3.8) is 0 Å². The molecule has 0 atom stereocenters. The molecule has 0 aliphatic carbocycles. The number of morpholine rings is 1. The van der Waals surface area contributed by atoms with Crippen molar-refractivity contribution in [2.24, 2.45) is 0 Å². The third kappa shape index (κ3) is 4.24. The minimum absolute atomic E-state index is 0.0810. The Balaban J connectivity index is 1.55. The first-order valence-electron chi connectivity index (χ1n) is 10.7. The smallest absolute Gasteiger partial charge is 0.303 e. The molecule has 0 saturated carbocycles. The second kappa shape index (κ2) is 8.60. The molecule has 2 aromatic heterocycles. The highest BCUT2D eigenvalue weighted by Gasteiger charge is 2.22. The standard InChI is InChI=1S/C22H25FN6O2/c23-15-12-17(16-4-5-24-18(16)13-15)19-14-20(28-8-10-31-11-9-28)26-21(25-19)22(30)27-29-6-2-1-3-7-29/h4-5,12-14,24H,1-3,6-11H2,(H,27,30). The van der Waals surface area contributed by atoms with Gasteiger partial charge in [-0.05, 0) is 31.0 Å². The van der Waals surface area contributed by atoms with E-state index >= 15 is 0 Å². The van der Waals surface area contributed by atoms with Gasteiger partial charge >= 0.3 is 5.91 Å². The number of piperidine rings is 1. The SMILES string of the molecule is O=C(NN1CCCCC1)c1nc(-c2cc(F)cc3[nH]ccc23)cc(N2CCOCC2)n1. The Bertz CT molecular complexity index is 1090. The second-order valence-corrected chi connectivity index (χ2v) is 7.92. The van der Waals surface area contributed by atoms with Gasteiger partial charge in [0, 0.05) is 54.9 Å². The first-order valence-corrected chi connectivity index (χ1v) is 10.7. The topological polar surface area (TPSA) is 86.4 Å². The summed E-state index contributed by atoms with van der Waals surface area (Å²) in [5.41, 5.74) is 4.76. The van der Waals surface area contributed by atoms with Crippen molar-refractivity contribution in [1.82, 2.24) is 25.4 Å². The predicted molar refractivity (Wildman–Crippen MR) is 115 cm³/mol. The molecular weight excluding hydrogens is 399 g/mol. The van der Waals surface area contributed by atoms with Crippen molar-refractivity contribution in [3.05, 3.63) is 42.1 Å². The van der Waals surface area contributed by atoms with Crippen LogP contribution in [0.25, 0.3) is 22.2 Å². The minimum atomic E-state index is -0.365. The summed E-state index contributed by atoms with van der Waals surface area (Å²) in [6, 6.07) is 6.61. The molecule has 1 amide bonds. The van der Waals surface area contributed by atoms with E-state index < -0.39 is 0 Å². The summed E-state index contributed by atoms with van der Waals surface area (Å²) in [6.07, 6.45) is 5.04. The van der Waals surface area contributed by atoms with Crippen LogP contribution >= 0.6 is 0 Å². The number of rotatable bonds is 4. The summed E-state index contributed by atoms with van der Waals surface area (Å²) in [5, 5.41) is 2.76. The Kier molecular flexibility index (Phi) is 5.52. The quantitative estimate of drug-likeness (QED) is 0.670. The first kappa shape index (κ1) is 19.9. The molecule has 9 heteroatoms. The number of amides is 1. The van der Waals surface area contributed by atoms with E-state index in [2.05, 4.69) is 25.3 Å². The molecule has 3 aromatic rings. The molecule has 8 nitrogen and oxygen atoms in total. The van der Waals surface area contributed by atoms with Gasteiger partial charge in [0.05, 0.1) is 18.9 Å². The van der Waals surface area contributed by atoms with Crippen LogP contribution in [0.5, 0.6) is 0 Å². The highest BCUT2D eigenvalue weighted by atomic mass is 19.1. The van der Waals surface area contributed by atoms with Crippen molar-refractivity contribution < 1.29 is 13.9 Å². The maximum absolute atomic E-state index is 14.3. The molecular formula is C22H25FN6O2. The summed E-state index contributed by atoms with van der Waals surface area (Å²) in [4.78, 5) is 27.2. The van der Waals surface area contributed by atoms with Crippen molar-refractivity contribution in [3.8, 4) is 11.3 Å². The number of anilines is 1. The van der Waals surface area contributed by atoms with Crippen LogP contribution in [0.3, 0.4) is 0 Å². The van der Waals surface area contributed by atoms with Crippen LogP contribution in [0.1, 0.15) is 29.9 Å². The van der Waals surface area contributed by atoms with E-state index in [1.54, 1.807) is 6.20 Å². The van der Waals surface area contributed by atoms with Gasteiger partial charge in [-0.2, -0.15) is 0 Å². The number of hydrogen-bond donors (Lipinski definition) is 2. The maximum atomic E-state index is 14.3. The molecule has 1 aromatic carbocycles. The fourth-order valence-electron chi connectivity index (χ4n) is 4.17. The lowest BCUT2D eigenvalue weighted by Gasteiger charge is -2.29. The van der Waals surface area contributed by atoms with Crippen molar-refractivity contribution in [2.75, 3.05) is 44.3 Å². The monoisotopic (exact) mass is 424 g/mol. The Hall–Kier alpha value is -3.04. The minimum Gasteiger partial charge on any atom is -0.378 e. The first-order chi connectivity index (χ1) is 15.2. The predicted octanol–water partition coefficient (Wildman–Crippen LogP) is 2.73. The summed E-state index contributed by atoms with van der Waals surface area (Å²) >= 11 is 0. The van der Waals surface area contributed by atoms with Crippen LogP contribution in [0.4, 0.5) is 10.2 Å². The average molecular weight is 424 g/mol. The van der Waals surface area contributed by atoms with Gasteiger partial charge < -0.3 is 14.6 Å². The number of hydrogen-bond acceptors (Lipinski definition) is 6. The van der Waals surface area contributed by atoms with E-state index in [4.69, 9.17) is 4.74 Å². The number of aromatic amines is 1. The Morgan fingerprint density at radius 3 is 2.68 bits per heavy atom. The number of fused-ring (bicyclic) bond motifs is 1. The Labute approximate surface area is 179 Å². The molecule has 162 valence electrons. The van der Waals surface area contributed by atoms with Crippen molar-refractivity contribution in [2.45, 2.75) is 19.3 Å². The van der Waals surface area contributed by atoms with Crippen LogP contribution in [-0.4, -0.2) is 65.3 Å². The molecule has 31 heavy (non-hydrogen) atoms. The number of hydrazine groups is 1. The number of H-pyrrole nitrogens is 1. The number of benzene rings is 1. The zero-order valence-corrected chi connectivity index (χ0v) is 17.2. The fraction of sp³-hybridized carbons (Fsp3) is 0.409. The summed E-state index contributed by atoms with van der Waals surface area (Å²) in [6.45, 7) is 4.16. The van der Waals surface area contributed by atoms with Gasteiger partial charge in [-0.25, -0.2) is 19.4 Å². The summed E-state index contributed by atoms with van der Waals surface area (Å²) in [5.74, 6) is 0.0123. The molecule has 2 saturated heterocycles. The van der Waals surface area contributed by atoms with Gasteiger partial charge in [-0.15, -0.1) is 0 Å². The van der Waals surface area contributed by atoms with Crippen molar-refractivity contribution in [1.29, 1.82) is 0 Å². The highest BCUT2D eigenvalue weighted by molar-refractivity contribution is 5.96. The van der Waals surface area contributed by atoms with Crippen LogP contribution in [0.2, 0.25) is 0 Å². The zero-order chi connectivity index (χ0) is 21.2. The number of halogens is 1. The maximum Gasteiger partial charge on any atom is 0.303 e. The van der Waals surface area contributed by atoms with E-state index in [0.717, 1.165) is 31.3 Å². The molecule has 0 spiro atoms. The van der Waals surface area contributed by atoms with Crippen molar-refractivity contribution >= 4 is 22.6 Å². The molecule has 0 radical (unpaired) electrons. The largest absolute Gasteiger partial charge is 0.378 e. The molecule has 0 unspecified atom stereocenters. The zero-order valence-electron chi connectivity index (χ0n) is 17.2. The Morgan fingerprint density at radius 1 is 1.06 bits per heavy atom. The van der Waals surface area contributed by atoms with E-state index in [9.17, 15) is 9.18 Å². The second-order valence-electron chi connectivity index (χ2n) is 7.92. The van der Waals surface area contributed by atoms with Crippen LogP contribution in [-0.2, 0) is 4.74 Å². The lowest BCUT2D eigenvalue weighted by molar-refractivity contribution is 0.0739. The third-order valence-corrected chi connectivity index (χ3v) is 5.78. The van der Waals surface area contributed by atoms with Crippen LogP contribution in [0, 0.1) is 5.82 Å². The van der Waals surface area contributed by atoms with Crippen LogP contribution < -0.4 is 10.3 Å². The number of carbonyl (C=O) groups excluding carboxylic acids is 1. The van der Waals surface area contributed by atoms with Crippen LogP contribution in [0.15, 0.2) is 30.5 Å².